The van der Waals surface area contributed by atoms with E-state index in [4.69, 9.17) is 9.47 Å². The van der Waals surface area contributed by atoms with Crippen molar-refractivity contribution in [2.75, 3.05) is 26.4 Å². The summed E-state index contributed by atoms with van der Waals surface area (Å²) >= 11 is 0. The van der Waals surface area contributed by atoms with Crippen molar-refractivity contribution in [3.63, 3.8) is 0 Å². The quantitative estimate of drug-likeness (QED) is 0.762. The lowest BCUT2D eigenvalue weighted by atomic mass is 9.75. The Bertz CT molecular complexity index is 274. The number of hydrogen-bond donors (Lipinski definition) is 1. The SMILES string of the molecule is CCOC(=O)CCNC1CCCC12CCOCC2. The second-order valence-electron chi connectivity index (χ2n) is 5.43. The number of esters is 1. The van der Waals surface area contributed by atoms with Crippen LogP contribution in [0.3, 0.4) is 0 Å². The van der Waals surface area contributed by atoms with Gasteiger partial charge in [0, 0.05) is 25.8 Å². The van der Waals surface area contributed by atoms with Crippen LogP contribution in [0.15, 0.2) is 0 Å². The summed E-state index contributed by atoms with van der Waals surface area (Å²) in [4.78, 5) is 11.3. The molecular formula is C14H25NO3. The highest BCUT2D eigenvalue weighted by Gasteiger charge is 2.43. The van der Waals surface area contributed by atoms with Crippen LogP contribution in [0.4, 0.5) is 0 Å². The molecule has 2 rings (SSSR count). The molecule has 1 atom stereocenters. The summed E-state index contributed by atoms with van der Waals surface area (Å²) in [6.07, 6.45) is 6.68. The third kappa shape index (κ3) is 3.23. The highest BCUT2D eigenvalue weighted by molar-refractivity contribution is 5.69. The molecule has 4 nitrogen and oxygen atoms in total. The van der Waals surface area contributed by atoms with Gasteiger partial charge in [-0.1, -0.05) is 6.42 Å². The van der Waals surface area contributed by atoms with Gasteiger partial charge in [-0.2, -0.15) is 0 Å². The van der Waals surface area contributed by atoms with E-state index in [-0.39, 0.29) is 5.97 Å². The minimum absolute atomic E-state index is 0.0935. The van der Waals surface area contributed by atoms with Gasteiger partial charge in [0.2, 0.25) is 0 Å². The topological polar surface area (TPSA) is 47.6 Å². The largest absolute Gasteiger partial charge is 0.466 e. The van der Waals surface area contributed by atoms with Gasteiger partial charge in [0.05, 0.1) is 13.0 Å². The maximum Gasteiger partial charge on any atom is 0.307 e. The maximum atomic E-state index is 11.3. The first-order valence-corrected chi connectivity index (χ1v) is 7.23. The number of ether oxygens (including phenoxy) is 2. The molecule has 18 heavy (non-hydrogen) atoms. The van der Waals surface area contributed by atoms with Crippen LogP contribution in [-0.4, -0.2) is 38.4 Å². The standard InChI is InChI=1S/C14H25NO3/c1-2-18-13(16)5-9-15-12-4-3-6-14(12)7-10-17-11-8-14/h12,15H,2-11H2,1H3. The summed E-state index contributed by atoms with van der Waals surface area (Å²) in [6, 6.07) is 0.566. The molecule has 0 aromatic carbocycles. The van der Waals surface area contributed by atoms with Gasteiger partial charge >= 0.3 is 5.97 Å². The van der Waals surface area contributed by atoms with E-state index >= 15 is 0 Å². The van der Waals surface area contributed by atoms with Crippen molar-refractivity contribution in [3.8, 4) is 0 Å². The fourth-order valence-electron chi connectivity index (χ4n) is 3.42. The molecule has 4 heteroatoms. The fourth-order valence-corrected chi connectivity index (χ4v) is 3.42. The van der Waals surface area contributed by atoms with Crippen molar-refractivity contribution in [2.45, 2.75) is 51.5 Å². The van der Waals surface area contributed by atoms with E-state index in [1.807, 2.05) is 6.92 Å². The van der Waals surface area contributed by atoms with Gasteiger partial charge in [-0.3, -0.25) is 4.79 Å². The molecule has 1 aliphatic heterocycles. The Kier molecular flexibility index (Phi) is 5.01. The van der Waals surface area contributed by atoms with Crippen LogP contribution >= 0.6 is 0 Å². The molecule has 2 fully saturated rings. The van der Waals surface area contributed by atoms with Gasteiger partial charge in [-0.05, 0) is 38.0 Å². The van der Waals surface area contributed by atoms with Gasteiger partial charge in [-0.25, -0.2) is 0 Å². The normalized spacial score (nSPS) is 26.4. The maximum absolute atomic E-state index is 11.3. The number of rotatable bonds is 5. The minimum atomic E-state index is -0.0935. The van der Waals surface area contributed by atoms with E-state index < -0.39 is 0 Å². The van der Waals surface area contributed by atoms with Gasteiger partial charge in [0.15, 0.2) is 0 Å². The van der Waals surface area contributed by atoms with E-state index in [0.717, 1.165) is 19.8 Å². The number of carbonyl (C=O) groups excluding carboxylic acids is 1. The Labute approximate surface area is 109 Å². The zero-order chi connectivity index (χ0) is 12.8. The molecular weight excluding hydrogens is 230 g/mol. The first-order valence-electron chi connectivity index (χ1n) is 7.23. The molecule has 0 bridgehead atoms. The van der Waals surface area contributed by atoms with Gasteiger partial charge in [0.25, 0.3) is 0 Å². The summed E-state index contributed by atoms with van der Waals surface area (Å²) < 4.78 is 10.4. The fraction of sp³-hybridized carbons (Fsp3) is 0.929. The lowest BCUT2D eigenvalue weighted by Gasteiger charge is -2.39. The summed E-state index contributed by atoms with van der Waals surface area (Å²) in [6.45, 7) is 4.86. The van der Waals surface area contributed by atoms with E-state index in [1.54, 1.807) is 0 Å². The van der Waals surface area contributed by atoms with Gasteiger partial charge < -0.3 is 14.8 Å². The molecule has 1 spiro atoms. The molecule has 0 aromatic rings. The summed E-state index contributed by atoms with van der Waals surface area (Å²) in [7, 11) is 0. The second kappa shape index (κ2) is 6.53. The van der Waals surface area contributed by atoms with E-state index in [2.05, 4.69) is 5.32 Å². The van der Waals surface area contributed by atoms with Crippen molar-refractivity contribution in [1.82, 2.24) is 5.32 Å². The Balaban J connectivity index is 1.76. The minimum Gasteiger partial charge on any atom is -0.466 e. The van der Waals surface area contributed by atoms with Crippen molar-refractivity contribution in [3.05, 3.63) is 0 Å². The second-order valence-corrected chi connectivity index (χ2v) is 5.43. The molecule has 0 radical (unpaired) electrons. The predicted molar refractivity (Wildman–Crippen MR) is 69.4 cm³/mol. The van der Waals surface area contributed by atoms with E-state index in [0.29, 0.717) is 24.5 Å². The molecule has 1 saturated carbocycles. The van der Waals surface area contributed by atoms with Crippen LogP contribution in [0.1, 0.15) is 45.4 Å². The third-order valence-corrected chi connectivity index (χ3v) is 4.42. The monoisotopic (exact) mass is 255 g/mol. The molecule has 0 amide bonds. The lowest BCUT2D eigenvalue weighted by molar-refractivity contribution is -0.143. The Morgan fingerprint density at radius 1 is 1.39 bits per heavy atom. The molecule has 1 N–H and O–H groups in total. The first kappa shape index (κ1) is 13.8. The summed E-state index contributed by atoms with van der Waals surface area (Å²) in [5.41, 5.74) is 0.437. The average Bonchev–Trinajstić information content (AvgIpc) is 2.74. The Morgan fingerprint density at radius 3 is 2.89 bits per heavy atom. The van der Waals surface area contributed by atoms with E-state index in [1.165, 1.54) is 32.1 Å². The van der Waals surface area contributed by atoms with Gasteiger partial charge in [0.1, 0.15) is 0 Å². The smallest absolute Gasteiger partial charge is 0.307 e. The summed E-state index contributed by atoms with van der Waals surface area (Å²) in [5, 5.41) is 3.58. The van der Waals surface area contributed by atoms with Gasteiger partial charge in [-0.15, -0.1) is 0 Å². The zero-order valence-corrected chi connectivity index (χ0v) is 11.4. The number of nitrogens with one attached hydrogen (secondary N) is 1. The molecule has 1 aliphatic carbocycles. The van der Waals surface area contributed by atoms with Crippen LogP contribution in [0.25, 0.3) is 0 Å². The Hall–Kier alpha value is -0.610. The molecule has 2 aliphatic rings. The number of carbonyl (C=O) groups is 1. The van der Waals surface area contributed by atoms with Crippen LogP contribution in [-0.2, 0) is 14.3 Å². The molecule has 0 aromatic heterocycles. The highest BCUT2D eigenvalue weighted by Crippen LogP contribution is 2.45. The first-order chi connectivity index (χ1) is 8.77. The predicted octanol–water partition coefficient (Wildman–Crippen LogP) is 1.88. The lowest BCUT2D eigenvalue weighted by Crippen LogP contribution is -2.45. The number of hydrogen-bond acceptors (Lipinski definition) is 4. The van der Waals surface area contributed by atoms with Crippen molar-refractivity contribution in [2.24, 2.45) is 5.41 Å². The Morgan fingerprint density at radius 2 is 2.17 bits per heavy atom. The van der Waals surface area contributed by atoms with Crippen LogP contribution in [0, 0.1) is 5.41 Å². The average molecular weight is 255 g/mol. The van der Waals surface area contributed by atoms with E-state index in [9.17, 15) is 4.79 Å². The van der Waals surface area contributed by atoms with Crippen molar-refractivity contribution >= 4 is 5.97 Å². The van der Waals surface area contributed by atoms with Crippen LogP contribution < -0.4 is 5.32 Å². The highest BCUT2D eigenvalue weighted by atomic mass is 16.5. The molecule has 1 saturated heterocycles. The summed E-state index contributed by atoms with van der Waals surface area (Å²) in [5.74, 6) is -0.0935. The van der Waals surface area contributed by atoms with Crippen molar-refractivity contribution < 1.29 is 14.3 Å². The van der Waals surface area contributed by atoms with Crippen molar-refractivity contribution in [1.29, 1.82) is 0 Å². The zero-order valence-electron chi connectivity index (χ0n) is 11.4. The van der Waals surface area contributed by atoms with Crippen LogP contribution in [0.2, 0.25) is 0 Å². The third-order valence-electron chi connectivity index (χ3n) is 4.42. The molecule has 1 heterocycles. The molecule has 104 valence electrons. The van der Waals surface area contributed by atoms with Crippen LogP contribution in [0.5, 0.6) is 0 Å². The molecule has 1 unspecified atom stereocenters.